The molecule has 3 N–H and O–H groups in total. The number of hydrogen-bond donors (Lipinski definition) is 3. The van der Waals surface area contributed by atoms with E-state index in [0.29, 0.717) is 6.42 Å². The van der Waals surface area contributed by atoms with E-state index in [4.69, 9.17) is 5.11 Å². The van der Waals surface area contributed by atoms with E-state index in [2.05, 4.69) is 10.6 Å². The van der Waals surface area contributed by atoms with E-state index in [1.54, 1.807) is 11.8 Å². The maximum Gasteiger partial charge on any atom is 0.319 e. The molecule has 0 spiro atoms. The van der Waals surface area contributed by atoms with Crippen molar-refractivity contribution in [3.05, 3.63) is 24.3 Å². The van der Waals surface area contributed by atoms with Crippen LogP contribution in [0.2, 0.25) is 0 Å². The van der Waals surface area contributed by atoms with Crippen LogP contribution in [0.3, 0.4) is 0 Å². The number of carbonyl (C=O) groups excluding carboxylic acids is 1. The van der Waals surface area contributed by atoms with Crippen molar-refractivity contribution in [2.75, 3.05) is 18.2 Å². The fraction of sp³-hybridized carbons (Fsp3) is 0.462. The molecule has 0 radical (unpaired) electrons. The number of thioether (sulfide) groups is 1. The minimum absolute atomic E-state index is 0.0143. The molecule has 100 valence electrons. The van der Waals surface area contributed by atoms with Crippen molar-refractivity contribution >= 4 is 23.5 Å². The molecule has 1 rings (SSSR count). The summed E-state index contributed by atoms with van der Waals surface area (Å²) in [6.45, 7) is 2.06. The summed E-state index contributed by atoms with van der Waals surface area (Å²) in [5.74, 6) is 0. The molecule has 0 aliphatic heterocycles. The lowest BCUT2D eigenvalue weighted by Crippen LogP contribution is -2.38. The summed E-state index contributed by atoms with van der Waals surface area (Å²) < 4.78 is 0. The van der Waals surface area contributed by atoms with Gasteiger partial charge in [0, 0.05) is 23.2 Å². The number of rotatable bonds is 6. The number of aliphatic hydroxyl groups is 1. The largest absolute Gasteiger partial charge is 0.396 e. The Labute approximate surface area is 112 Å². The van der Waals surface area contributed by atoms with Gasteiger partial charge < -0.3 is 15.7 Å². The second kappa shape index (κ2) is 8.00. The van der Waals surface area contributed by atoms with Gasteiger partial charge in [-0.3, -0.25) is 0 Å². The lowest BCUT2D eigenvalue weighted by molar-refractivity contribution is 0.237. The molecule has 1 aromatic carbocycles. The number of hydrogen-bond acceptors (Lipinski definition) is 3. The van der Waals surface area contributed by atoms with E-state index in [1.807, 2.05) is 37.4 Å². The molecule has 0 aromatic heterocycles. The molecule has 0 aliphatic carbocycles. The van der Waals surface area contributed by atoms with E-state index in [-0.39, 0.29) is 18.7 Å². The van der Waals surface area contributed by atoms with Gasteiger partial charge in [0.05, 0.1) is 0 Å². The first-order valence-corrected chi connectivity index (χ1v) is 7.24. The highest BCUT2D eigenvalue weighted by molar-refractivity contribution is 7.98. The van der Waals surface area contributed by atoms with Crippen LogP contribution in [-0.4, -0.2) is 30.0 Å². The highest BCUT2D eigenvalue weighted by Gasteiger charge is 2.09. The molecule has 4 nitrogen and oxygen atoms in total. The van der Waals surface area contributed by atoms with E-state index in [9.17, 15) is 4.79 Å². The topological polar surface area (TPSA) is 61.4 Å². The second-order valence-corrected chi connectivity index (χ2v) is 4.82. The minimum Gasteiger partial charge on any atom is -0.396 e. The van der Waals surface area contributed by atoms with Gasteiger partial charge in [-0.2, -0.15) is 0 Å². The summed E-state index contributed by atoms with van der Waals surface area (Å²) in [6.07, 6.45) is 3.39. The quantitative estimate of drug-likeness (QED) is 0.695. The van der Waals surface area contributed by atoms with Gasteiger partial charge in [-0.25, -0.2) is 4.79 Å². The zero-order valence-corrected chi connectivity index (χ0v) is 11.6. The normalized spacial score (nSPS) is 11.9. The van der Waals surface area contributed by atoms with Crippen molar-refractivity contribution in [3.8, 4) is 0 Å². The van der Waals surface area contributed by atoms with Crippen LogP contribution < -0.4 is 10.6 Å². The average Bonchev–Trinajstić information content (AvgIpc) is 2.39. The lowest BCUT2D eigenvalue weighted by Gasteiger charge is -2.16. The molecule has 2 amide bonds. The Bertz CT molecular complexity index is 368. The lowest BCUT2D eigenvalue weighted by atomic mass is 10.2. The van der Waals surface area contributed by atoms with Crippen LogP contribution in [0.15, 0.2) is 29.2 Å². The molecule has 0 fully saturated rings. The maximum absolute atomic E-state index is 11.7. The van der Waals surface area contributed by atoms with Gasteiger partial charge in [-0.05, 0) is 43.4 Å². The summed E-state index contributed by atoms with van der Waals surface area (Å²) in [5.41, 5.74) is 0.768. The van der Waals surface area contributed by atoms with Crippen LogP contribution in [-0.2, 0) is 0 Å². The number of carbonyl (C=O) groups is 1. The fourth-order valence-corrected chi connectivity index (χ4v) is 1.97. The minimum atomic E-state index is -0.229. The van der Waals surface area contributed by atoms with Crippen molar-refractivity contribution in [1.29, 1.82) is 0 Å². The number of amides is 2. The van der Waals surface area contributed by atoms with E-state index < -0.39 is 0 Å². The summed E-state index contributed by atoms with van der Waals surface area (Å²) >= 11 is 1.66. The summed E-state index contributed by atoms with van der Waals surface area (Å²) in [6, 6.07) is 7.46. The van der Waals surface area contributed by atoms with Gasteiger partial charge in [0.25, 0.3) is 0 Å². The van der Waals surface area contributed by atoms with E-state index >= 15 is 0 Å². The van der Waals surface area contributed by atoms with E-state index in [0.717, 1.165) is 17.0 Å². The number of nitrogens with one attached hydrogen (secondary N) is 2. The zero-order chi connectivity index (χ0) is 13.4. The molecule has 0 aliphatic rings. The molecule has 0 saturated heterocycles. The zero-order valence-electron chi connectivity index (χ0n) is 10.8. The van der Waals surface area contributed by atoms with Crippen LogP contribution in [0.5, 0.6) is 0 Å². The van der Waals surface area contributed by atoms with Crippen LogP contribution in [0.1, 0.15) is 19.8 Å². The third-order valence-corrected chi connectivity index (χ3v) is 3.40. The smallest absolute Gasteiger partial charge is 0.319 e. The van der Waals surface area contributed by atoms with Gasteiger partial charge in [0.1, 0.15) is 0 Å². The highest BCUT2D eigenvalue weighted by Crippen LogP contribution is 2.17. The monoisotopic (exact) mass is 268 g/mol. The van der Waals surface area contributed by atoms with Crippen molar-refractivity contribution < 1.29 is 9.90 Å². The average molecular weight is 268 g/mol. The Morgan fingerprint density at radius 3 is 2.56 bits per heavy atom. The Morgan fingerprint density at radius 1 is 1.39 bits per heavy atom. The van der Waals surface area contributed by atoms with Gasteiger partial charge in [0.15, 0.2) is 0 Å². The summed E-state index contributed by atoms with van der Waals surface area (Å²) in [5, 5.41) is 14.5. The Kier molecular flexibility index (Phi) is 6.60. The summed E-state index contributed by atoms with van der Waals surface area (Å²) in [4.78, 5) is 12.9. The van der Waals surface area contributed by atoms with Crippen LogP contribution in [0.25, 0.3) is 0 Å². The maximum atomic E-state index is 11.7. The van der Waals surface area contributed by atoms with Gasteiger partial charge >= 0.3 is 6.03 Å². The molecule has 1 unspecified atom stereocenters. The standard InChI is InChI=1S/C13H20N2O2S/c1-3-10(8-9-16)14-13(17)15-11-4-6-12(18-2)7-5-11/h4-7,10,16H,3,8-9H2,1-2H3,(H2,14,15,17). The van der Waals surface area contributed by atoms with Crippen molar-refractivity contribution in [2.45, 2.75) is 30.7 Å². The Morgan fingerprint density at radius 2 is 2.06 bits per heavy atom. The van der Waals surface area contributed by atoms with Crippen LogP contribution in [0.4, 0.5) is 10.5 Å². The van der Waals surface area contributed by atoms with Crippen LogP contribution in [0, 0.1) is 0 Å². The van der Waals surface area contributed by atoms with Gasteiger partial charge in [-0.15, -0.1) is 11.8 Å². The van der Waals surface area contributed by atoms with Crippen LogP contribution >= 0.6 is 11.8 Å². The predicted molar refractivity (Wildman–Crippen MR) is 76.2 cm³/mol. The molecule has 5 heteroatoms. The first-order valence-electron chi connectivity index (χ1n) is 6.02. The fourth-order valence-electron chi connectivity index (χ4n) is 1.56. The molecular formula is C13H20N2O2S. The van der Waals surface area contributed by atoms with Crippen molar-refractivity contribution in [2.24, 2.45) is 0 Å². The molecule has 1 atom stereocenters. The number of anilines is 1. The molecule has 1 aromatic rings. The molecule has 0 bridgehead atoms. The second-order valence-electron chi connectivity index (χ2n) is 3.94. The SMILES string of the molecule is CCC(CCO)NC(=O)Nc1ccc(SC)cc1. The predicted octanol–water partition coefficient (Wildman–Crippen LogP) is 2.69. The number of aliphatic hydroxyl groups excluding tert-OH is 1. The Balaban J connectivity index is 2.47. The van der Waals surface area contributed by atoms with Gasteiger partial charge in [-0.1, -0.05) is 6.92 Å². The number of benzene rings is 1. The third kappa shape index (κ3) is 4.98. The van der Waals surface area contributed by atoms with E-state index in [1.165, 1.54) is 0 Å². The van der Waals surface area contributed by atoms with Crippen molar-refractivity contribution in [3.63, 3.8) is 0 Å². The first-order chi connectivity index (χ1) is 8.69. The molecular weight excluding hydrogens is 248 g/mol. The number of urea groups is 1. The van der Waals surface area contributed by atoms with Crippen molar-refractivity contribution in [1.82, 2.24) is 5.32 Å². The molecule has 0 saturated carbocycles. The molecule has 18 heavy (non-hydrogen) atoms. The summed E-state index contributed by atoms with van der Waals surface area (Å²) in [7, 11) is 0. The first kappa shape index (κ1) is 14.9. The Hall–Kier alpha value is -1.20. The third-order valence-electron chi connectivity index (χ3n) is 2.65. The highest BCUT2D eigenvalue weighted by atomic mass is 32.2. The van der Waals surface area contributed by atoms with Gasteiger partial charge in [0.2, 0.25) is 0 Å². The molecule has 0 heterocycles.